The SMILES string of the molecule is CC[C@H](C)[C@H](NC(=O)[C@@H](N)CC(C)C)C(=O)N[C@@H](CC(C)C)C(=O)N[C@@H](Cc1ccc(O)cc1)C(=O)N[C@@H](CC(C)C)C(=O)N[C@@H](CS)C(=O)N[C@H](C(=O)N1CCC[C@H]1C(=O)N[C@@H](CCCN=C(N)N)C(=O)N[C@@H](CS)C(=O)N[C@@H](CCCN=C(N)N)C(=O)N[C@@H](CCCN=C(N)N)C(=O)N[C@@H](CCCCN)C(=O)N[C@@H](CCCCN)C(=O)N1CCC[C@H]1C(=O)O)C(C)C. The van der Waals surface area contributed by atoms with Gasteiger partial charge in [0.05, 0.1) is 6.04 Å². The van der Waals surface area contributed by atoms with Crippen LogP contribution in [-0.4, -0.2) is 275 Å². The number of unbranched alkanes of at least 4 members (excludes halogenated alkanes) is 2. The number of nitrogens with one attached hydrogen (secondary N) is 12. The normalized spacial score (nSPS) is 17.0. The van der Waals surface area contributed by atoms with Crippen LogP contribution >= 0.6 is 25.3 Å². The van der Waals surface area contributed by atoms with Crippen LogP contribution in [0.15, 0.2) is 39.2 Å². The Hall–Kier alpha value is -10.5. The van der Waals surface area contributed by atoms with Gasteiger partial charge in [-0.2, -0.15) is 25.3 Å². The molecule has 2 aliphatic heterocycles. The number of nitrogens with two attached hydrogens (primary N) is 9. The van der Waals surface area contributed by atoms with Crippen molar-refractivity contribution in [1.82, 2.24) is 73.6 Å². The van der Waals surface area contributed by atoms with Crippen LogP contribution in [0.4, 0.5) is 0 Å². The number of thiol groups is 2. The lowest BCUT2D eigenvalue weighted by molar-refractivity contribution is -0.149. The molecule has 43 nitrogen and oxygen atoms in total. The lowest BCUT2D eigenvalue weighted by Crippen LogP contribution is -2.62. The van der Waals surface area contributed by atoms with Crippen LogP contribution in [-0.2, 0) is 78.3 Å². The minimum Gasteiger partial charge on any atom is -0.508 e. The number of carboxylic acid groups (broad SMARTS) is 1. The Morgan fingerprint density at radius 1 is 0.411 bits per heavy atom. The van der Waals surface area contributed by atoms with Crippen molar-refractivity contribution in [2.45, 2.75) is 295 Å². The number of amides is 14. The summed E-state index contributed by atoms with van der Waals surface area (Å²) in [6, 6.07) is -13.9. The molecule has 0 radical (unpaired) electrons. The van der Waals surface area contributed by atoms with Gasteiger partial charge in [-0.15, -0.1) is 0 Å². The van der Waals surface area contributed by atoms with Gasteiger partial charge in [-0.05, 0) is 182 Å². The molecule has 32 N–H and O–H groups in total. The quantitative estimate of drug-likeness (QED) is 0.0129. The van der Waals surface area contributed by atoms with Crippen molar-refractivity contribution < 1.29 is 82.1 Å². The standard InChI is InChI=1S/C84H148N26O17S2/c1-11-49(10)66(108-67(112)52(87)39-45(2)3)78(123)104-59(41-47(6)7)72(117)103-60(42-50-28-30-51(111)31-29-50)74(119)102-58(40-46(4)5)73(118)106-62(44-129)76(121)107-65(48(8)9)80(125)109-37-19-26-63(109)77(122)100-56(25-18-36-96-84(92)93)71(116)105-61(43-128)75(120)99-55(24-17-35-95-83(90)91)69(114)98-54(23-16-34-94-82(88)89)68(113)97-53(21-12-14-32-85)70(115)101-57(22-13-15-33-86)79(124)110-38-20-27-64(110)81(126)127/h28-31,45-49,52-66,111,128-129H,11-27,32-44,85-87H2,1-10H3,(H,97,113)(H,98,114)(H,99,120)(H,100,122)(H,101,115)(H,102,119)(H,103,117)(H,104,123)(H,105,116)(H,106,118)(H,107,121)(H,108,112)(H,126,127)(H4,88,89,94)(H4,90,91,95)(H4,92,93,96)/t49-,52-,53-,54-,55-,56-,57-,58-,59-,60-,61-,62-,63-,64-,65-,66-/m0/s1. The first-order valence-electron chi connectivity index (χ1n) is 44.7. The average molecular weight is 1860 g/mol. The van der Waals surface area contributed by atoms with Gasteiger partial charge in [-0.25, -0.2) is 4.79 Å². The number of rotatable bonds is 60. The minimum absolute atomic E-state index is 0.00261. The first kappa shape index (κ1) is 113. The number of carbonyl (C=O) groups is 15. The Kier molecular flexibility index (Phi) is 51.4. The molecule has 3 rings (SSSR count). The third kappa shape index (κ3) is 40.6. The van der Waals surface area contributed by atoms with Gasteiger partial charge in [0, 0.05) is 50.7 Å². The molecule has 2 saturated heterocycles. The highest BCUT2D eigenvalue weighted by Crippen LogP contribution is 2.25. The van der Waals surface area contributed by atoms with E-state index >= 15 is 0 Å². The van der Waals surface area contributed by atoms with Gasteiger partial charge >= 0.3 is 5.97 Å². The summed E-state index contributed by atoms with van der Waals surface area (Å²) >= 11 is 8.82. The Morgan fingerprint density at radius 2 is 0.752 bits per heavy atom. The van der Waals surface area contributed by atoms with E-state index in [9.17, 15) is 82.1 Å². The molecule has 0 spiro atoms. The lowest BCUT2D eigenvalue weighted by Gasteiger charge is -2.32. The molecule has 129 heavy (non-hydrogen) atoms. The summed E-state index contributed by atoms with van der Waals surface area (Å²) in [6.45, 7) is 18.5. The van der Waals surface area contributed by atoms with Gasteiger partial charge in [0.1, 0.15) is 90.3 Å². The van der Waals surface area contributed by atoms with Crippen LogP contribution in [0.3, 0.4) is 0 Å². The molecule has 16 atom stereocenters. The number of aliphatic carboxylic acids is 1. The number of hydrogen-bond donors (Lipinski definition) is 25. The lowest BCUT2D eigenvalue weighted by atomic mass is 9.95. The number of nitrogens with zero attached hydrogens (tertiary/aromatic N) is 5. The predicted octanol–water partition coefficient (Wildman–Crippen LogP) is -3.73. The van der Waals surface area contributed by atoms with E-state index in [2.05, 4.69) is 104 Å². The van der Waals surface area contributed by atoms with Gasteiger partial charge in [0.25, 0.3) is 0 Å². The Labute approximate surface area is 767 Å². The molecular formula is C84H148N26O17S2. The van der Waals surface area contributed by atoms with Crippen LogP contribution in [0.2, 0.25) is 0 Å². The largest absolute Gasteiger partial charge is 0.508 e. The maximum absolute atomic E-state index is 14.9. The summed E-state index contributed by atoms with van der Waals surface area (Å²) in [7, 11) is 0. The maximum Gasteiger partial charge on any atom is 0.326 e. The number of likely N-dealkylation sites (tertiary alicyclic amines) is 2. The number of aromatic hydroxyl groups is 1. The minimum atomic E-state index is -1.56. The first-order valence-corrected chi connectivity index (χ1v) is 46.0. The highest BCUT2D eigenvalue weighted by Gasteiger charge is 2.44. The summed E-state index contributed by atoms with van der Waals surface area (Å²) in [5.41, 5.74) is 52.1. The summed E-state index contributed by atoms with van der Waals surface area (Å²) < 4.78 is 0. The Balaban J connectivity index is 1.96. The number of aliphatic imine (C=N–C) groups is 3. The summed E-state index contributed by atoms with van der Waals surface area (Å²) in [5, 5.41) is 52.8. The van der Waals surface area contributed by atoms with E-state index < -0.39 is 197 Å². The molecule has 0 unspecified atom stereocenters. The highest BCUT2D eigenvalue weighted by atomic mass is 32.1. The molecule has 728 valence electrons. The number of carboxylic acids is 1. The third-order valence-electron chi connectivity index (χ3n) is 21.9. The number of guanidine groups is 3. The molecule has 14 amide bonds. The Bertz CT molecular complexity index is 3910. The van der Waals surface area contributed by atoms with E-state index in [1.54, 1.807) is 34.6 Å². The van der Waals surface area contributed by atoms with E-state index in [1.807, 2.05) is 34.6 Å². The van der Waals surface area contributed by atoms with Gasteiger partial charge in [0.15, 0.2) is 17.9 Å². The molecule has 0 saturated carbocycles. The van der Waals surface area contributed by atoms with E-state index in [1.165, 1.54) is 34.1 Å². The van der Waals surface area contributed by atoms with Gasteiger partial charge in [0.2, 0.25) is 82.7 Å². The maximum atomic E-state index is 14.9. The van der Waals surface area contributed by atoms with Crippen molar-refractivity contribution in [2.24, 2.45) is 96.2 Å². The zero-order valence-corrected chi connectivity index (χ0v) is 78.2. The zero-order valence-electron chi connectivity index (χ0n) is 76.4. The van der Waals surface area contributed by atoms with Crippen LogP contribution in [0.1, 0.15) is 203 Å². The molecule has 0 aliphatic carbocycles. The van der Waals surface area contributed by atoms with Gasteiger partial charge < -0.3 is 135 Å². The Morgan fingerprint density at radius 3 is 1.16 bits per heavy atom. The van der Waals surface area contributed by atoms with E-state index in [-0.39, 0.29) is 183 Å². The number of phenols is 1. The van der Waals surface area contributed by atoms with Crippen molar-refractivity contribution in [3.63, 3.8) is 0 Å². The van der Waals surface area contributed by atoms with Crippen molar-refractivity contribution in [3.8, 4) is 5.75 Å². The molecule has 2 heterocycles. The number of hydrogen-bond acceptors (Lipinski definition) is 24. The van der Waals surface area contributed by atoms with Gasteiger partial charge in [-0.3, -0.25) is 82.1 Å². The third-order valence-corrected chi connectivity index (χ3v) is 22.7. The van der Waals surface area contributed by atoms with Crippen molar-refractivity contribution >= 4 is 132 Å². The first-order chi connectivity index (χ1) is 60.9. The number of phenolic OH excluding ortho intramolecular Hbond substituents is 1. The number of carbonyl (C=O) groups excluding carboxylic acids is 14. The molecule has 2 fully saturated rings. The molecule has 1 aromatic rings. The zero-order chi connectivity index (χ0) is 96.9. The van der Waals surface area contributed by atoms with Crippen molar-refractivity contribution in [1.29, 1.82) is 0 Å². The fourth-order valence-corrected chi connectivity index (χ4v) is 15.2. The predicted molar refractivity (Wildman–Crippen MR) is 496 cm³/mol. The fourth-order valence-electron chi connectivity index (χ4n) is 14.7. The monoisotopic (exact) mass is 1860 g/mol. The molecule has 2 aliphatic rings. The van der Waals surface area contributed by atoms with Crippen LogP contribution in [0.5, 0.6) is 5.75 Å². The van der Waals surface area contributed by atoms with Gasteiger partial charge in [-0.1, -0.05) is 87.8 Å². The smallest absolute Gasteiger partial charge is 0.326 e. The summed E-state index contributed by atoms with van der Waals surface area (Å²) in [5.74, 6) is -15.4. The summed E-state index contributed by atoms with van der Waals surface area (Å²) in [6.07, 6.45) is 3.11. The highest BCUT2D eigenvalue weighted by molar-refractivity contribution is 7.80. The second kappa shape index (κ2) is 58.9. The van der Waals surface area contributed by atoms with Crippen LogP contribution in [0, 0.1) is 29.6 Å². The van der Waals surface area contributed by atoms with E-state index in [0.29, 0.717) is 50.5 Å². The summed E-state index contributed by atoms with van der Waals surface area (Å²) in [4.78, 5) is 230. The second-order valence-corrected chi connectivity index (χ2v) is 35.3. The number of benzene rings is 1. The average Bonchev–Trinajstić information content (AvgIpc) is 1.72. The second-order valence-electron chi connectivity index (χ2n) is 34.6. The molecule has 45 heteroatoms. The van der Waals surface area contributed by atoms with Crippen LogP contribution in [0.25, 0.3) is 0 Å². The molecule has 1 aromatic carbocycles. The molecule has 0 bridgehead atoms. The van der Waals surface area contributed by atoms with Crippen molar-refractivity contribution in [3.05, 3.63) is 29.8 Å². The van der Waals surface area contributed by atoms with Crippen molar-refractivity contribution in [2.75, 3.05) is 57.3 Å². The fraction of sp³-hybridized carbons (Fsp3) is 0.714. The van der Waals surface area contributed by atoms with E-state index in [4.69, 9.17) is 51.6 Å². The molecule has 0 aromatic heterocycles. The van der Waals surface area contributed by atoms with Crippen LogP contribution < -0.4 is 115 Å². The van der Waals surface area contributed by atoms with E-state index in [0.717, 1.165) is 0 Å². The molecular weight excluding hydrogens is 1710 g/mol. The topological polar surface area (TPSA) is 719 Å².